The van der Waals surface area contributed by atoms with Gasteiger partial charge in [0, 0.05) is 36.4 Å². The topological polar surface area (TPSA) is 76.8 Å². The minimum Gasteiger partial charge on any atom is -0.336 e. The molecule has 0 fully saturated rings. The second-order valence-electron chi connectivity index (χ2n) is 6.84. The van der Waals surface area contributed by atoms with Crippen LogP contribution in [0.5, 0.6) is 0 Å². The lowest BCUT2D eigenvalue weighted by Gasteiger charge is -2.28. The third-order valence-electron chi connectivity index (χ3n) is 4.78. The Morgan fingerprint density at radius 2 is 1.84 bits per heavy atom. The lowest BCUT2D eigenvalue weighted by molar-refractivity contribution is -0.138. The molecule has 0 aliphatic carbocycles. The summed E-state index contributed by atoms with van der Waals surface area (Å²) in [5, 5.41) is 8.57. The van der Waals surface area contributed by atoms with Crippen molar-refractivity contribution in [3.8, 4) is 5.69 Å². The third-order valence-corrected chi connectivity index (χ3v) is 5.01. The number of hydrogen-bond acceptors (Lipinski definition) is 5. The van der Waals surface area contributed by atoms with E-state index in [-0.39, 0.29) is 17.8 Å². The number of carbonyl (C=O) groups is 1. The Kier molecular flexibility index (Phi) is 6.89. The maximum atomic E-state index is 13.3. The van der Waals surface area contributed by atoms with Gasteiger partial charge in [-0.3, -0.25) is 4.79 Å². The van der Waals surface area contributed by atoms with E-state index in [1.807, 2.05) is 13.8 Å². The highest BCUT2D eigenvalue weighted by molar-refractivity contribution is 6.31. The molecular formula is C20H20ClF3N6O. The minimum absolute atomic E-state index is 0.221. The molecule has 0 spiro atoms. The van der Waals surface area contributed by atoms with Crippen LogP contribution in [-0.4, -0.2) is 48.4 Å². The average Bonchev–Trinajstić information content (AvgIpc) is 3.27. The molecule has 3 aromatic rings. The first-order valence-corrected chi connectivity index (χ1v) is 9.93. The lowest BCUT2D eigenvalue weighted by atomic mass is 10.1. The Bertz CT molecular complexity index is 1020. The van der Waals surface area contributed by atoms with Gasteiger partial charge in [0.2, 0.25) is 0 Å². The molecule has 0 aliphatic heterocycles. The molecule has 1 amide bonds. The van der Waals surface area contributed by atoms with Crippen LogP contribution in [0.25, 0.3) is 5.69 Å². The van der Waals surface area contributed by atoms with E-state index in [0.717, 1.165) is 12.4 Å². The Morgan fingerprint density at radius 3 is 2.42 bits per heavy atom. The number of aromatic nitrogens is 5. The minimum atomic E-state index is -4.48. The van der Waals surface area contributed by atoms with E-state index in [2.05, 4.69) is 20.2 Å². The zero-order valence-electron chi connectivity index (χ0n) is 16.8. The molecule has 0 N–H and O–H groups in total. The van der Waals surface area contributed by atoms with Crippen molar-refractivity contribution in [1.29, 1.82) is 0 Å². The fraction of sp³-hybridized carbons (Fsp3) is 0.350. The second kappa shape index (κ2) is 9.42. The zero-order valence-corrected chi connectivity index (χ0v) is 17.6. The van der Waals surface area contributed by atoms with E-state index in [9.17, 15) is 18.0 Å². The van der Waals surface area contributed by atoms with Crippen molar-refractivity contribution < 1.29 is 18.0 Å². The predicted octanol–water partition coefficient (Wildman–Crippen LogP) is 4.21. The van der Waals surface area contributed by atoms with Crippen LogP contribution >= 0.6 is 11.6 Å². The van der Waals surface area contributed by atoms with Crippen molar-refractivity contribution in [2.24, 2.45) is 0 Å². The van der Waals surface area contributed by atoms with Crippen molar-refractivity contribution in [2.45, 2.75) is 38.9 Å². The molecule has 11 heteroatoms. The summed E-state index contributed by atoms with van der Waals surface area (Å²) in [4.78, 5) is 23.9. The van der Waals surface area contributed by atoms with Gasteiger partial charge in [-0.25, -0.2) is 9.97 Å². The summed E-state index contributed by atoms with van der Waals surface area (Å²) >= 11 is 6.12. The highest BCUT2D eigenvalue weighted by atomic mass is 35.5. The molecule has 0 saturated heterocycles. The summed E-state index contributed by atoms with van der Waals surface area (Å²) in [5.74, 6) is 0.0330. The number of benzene rings is 1. The van der Waals surface area contributed by atoms with Gasteiger partial charge in [0.1, 0.15) is 5.82 Å². The monoisotopic (exact) mass is 452 g/mol. The molecule has 3 rings (SSSR count). The largest absolute Gasteiger partial charge is 0.419 e. The van der Waals surface area contributed by atoms with Crippen molar-refractivity contribution in [3.05, 3.63) is 65.0 Å². The van der Waals surface area contributed by atoms with Gasteiger partial charge in [0.25, 0.3) is 5.91 Å². The molecule has 0 unspecified atom stereocenters. The van der Waals surface area contributed by atoms with E-state index < -0.39 is 11.7 Å². The van der Waals surface area contributed by atoms with Gasteiger partial charge in [-0.05, 0) is 38.5 Å². The molecule has 2 aromatic heterocycles. The quantitative estimate of drug-likeness (QED) is 0.536. The number of halogens is 4. The second-order valence-corrected chi connectivity index (χ2v) is 7.28. The first-order valence-electron chi connectivity index (χ1n) is 9.56. The Labute approximate surface area is 181 Å². The molecular weight excluding hydrogens is 433 g/mol. The molecule has 0 saturated carbocycles. The van der Waals surface area contributed by atoms with Gasteiger partial charge < -0.3 is 4.90 Å². The first-order chi connectivity index (χ1) is 14.7. The fourth-order valence-electron chi connectivity index (χ4n) is 3.13. The molecule has 1 aromatic carbocycles. The highest BCUT2D eigenvalue weighted by Crippen LogP contribution is 2.28. The molecule has 31 heavy (non-hydrogen) atoms. The fourth-order valence-corrected chi connectivity index (χ4v) is 3.30. The molecule has 0 radical (unpaired) electrons. The van der Waals surface area contributed by atoms with Gasteiger partial charge in [-0.15, -0.1) is 0 Å². The van der Waals surface area contributed by atoms with Crippen LogP contribution in [0.15, 0.2) is 43.0 Å². The van der Waals surface area contributed by atoms with E-state index >= 15 is 0 Å². The van der Waals surface area contributed by atoms with Crippen molar-refractivity contribution in [2.75, 3.05) is 6.54 Å². The van der Waals surface area contributed by atoms with Gasteiger partial charge in [-0.1, -0.05) is 11.6 Å². The molecule has 2 heterocycles. The molecule has 0 aliphatic rings. The van der Waals surface area contributed by atoms with E-state index in [0.29, 0.717) is 35.7 Å². The molecule has 1 atom stereocenters. The van der Waals surface area contributed by atoms with Gasteiger partial charge in [-0.2, -0.15) is 28.2 Å². The molecule has 164 valence electrons. The first kappa shape index (κ1) is 22.7. The summed E-state index contributed by atoms with van der Waals surface area (Å²) in [5.41, 5.74) is -0.0466. The number of aryl methyl sites for hydroxylation is 1. The van der Waals surface area contributed by atoms with Gasteiger partial charge >= 0.3 is 6.18 Å². The Morgan fingerprint density at radius 1 is 1.19 bits per heavy atom. The smallest absolute Gasteiger partial charge is 0.336 e. The number of carbonyl (C=O) groups excluding carboxylic acids is 1. The highest BCUT2D eigenvalue weighted by Gasteiger charge is 2.31. The lowest BCUT2D eigenvalue weighted by Crippen LogP contribution is -2.39. The number of nitrogens with zero attached hydrogens (tertiary/aromatic N) is 6. The van der Waals surface area contributed by atoms with Crippen LogP contribution in [0.1, 0.15) is 42.0 Å². The third kappa shape index (κ3) is 5.38. The molecule has 0 bridgehead atoms. The van der Waals surface area contributed by atoms with E-state index in [1.54, 1.807) is 23.1 Å². The Hall–Kier alpha value is -3.01. The van der Waals surface area contributed by atoms with Crippen molar-refractivity contribution in [1.82, 2.24) is 29.9 Å². The van der Waals surface area contributed by atoms with Crippen LogP contribution in [0.2, 0.25) is 5.02 Å². The summed E-state index contributed by atoms with van der Waals surface area (Å²) < 4.78 is 38.0. The van der Waals surface area contributed by atoms with Crippen molar-refractivity contribution >= 4 is 17.5 Å². The summed E-state index contributed by atoms with van der Waals surface area (Å²) in [6.45, 7) is 4.13. The SMILES string of the molecule is CCN(C(=O)c1cc(Cl)ccc1-n1nccn1)[C@@H](C)CCc1ncc(C(F)(F)F)cn1. The van der Waals surface area contributed by atoms with Crippen LogP contribution in [-0.2, 0) is 12.6 Å². The van der Waals surface area contributed by atoms with E-state index in [4.69, 9.17) is 11.6 Å². The maximum absolute atomic E-state index is 13.3. The van der Waals surface area contributed by atoms with E-state index in [1.165, 1.54) is 17.2 Å². The summed E-state index contributed by atoms with van der Waals surface area (Å²) in [7, 11) is 0. The number of amides is 1. The maximum Gasteiger partial charge on any atom is 0.419 e. The van der Waals surface area contributed by atoms with Crippen LogP contribution in [0.3, 0.4) is 0 Å². The van der Waals surface area contributed by atoms with Crippen LogP contribution in [0.4, 0.5) is 13.2 Å². The van der Waals surface area contributed by atoms with Crippen LogP contribution in [0, 0.1) is 0 Å². The van der Waals surface area contributed by atoms with Crippen molar-refractivity contribution in [3.63, 3.8) is 0 Å². The number of hydrogen-bond donors (Lipinski definition) is 0. The zero-order chi connectivity index (χ0) is 22.6. The number of rotatable bonds is 7. The van der Waals surface area contributed by atoms with Crippen LogP contribution < -0.4 is 0 Å². The predicted molar refractivity (Wildman–Crippen MR) is 108 cm³/mol. The Balaban J connectivity index is 1.74. The summed E-state index contributed by atoms with van der Waals surface area (Å²) in [6, 6.07) is 4.67. The average molecular weight is 453 g/mol. The van der Waals surface area contributed by atoms with Gasteiger partial charge in [0.15, 0.2) is 0 Å². The number of alkyl halides is 3. The summed E-state index contributed by atoms with van der Waals surface area (Å²) in [6.07, 6.45) is 0.874. The standard InChI is InChI=1S/C20H20ClF3N6O/c1-3-29(13(2)4-7-18-25-11-14(12-26-18)20(22,23)24)19(31)16-10-15(21)5-6-17(16)30-27-8-9-28-30/h5-6,8-13H,3-4,7H2,1-2H3/t13-/m0/s1. The normalized spacial score (nSPS) is 12.6. The molecule has 7 nitrogen and oxygen atoms in total. The van der Waals surface area contributed by atoms with Gasteiger partial charge in [0.05, 0.1) is 29.2 Å².